The second kappa shape index (κ2) is 9.25. The fraction of sp³-hybridized carbons (Fsp3) is 0.333. The number of para-hydroxylation sites is 1. The van der Waals surface area contributed by atoms with Gasteiger partial charge >= 0.3 is 0 Å². The number of aryl methyl sites for hydroxylation is 1. The summed E-state index contributed by atoms with van der Waals surface area (Å²) < 4.78 is 5.32. The van der Waals surface area contributed by atoms with Crippen LogP contribution < -0.4 is 19.9 Å². The number of ether oxygens (including phenoxy) is 1. The summed E-state index contributed by atoms with van der Waals surface area (Å²) in [5.41, 5.74) is 2.32. The number of amides is 2. The van der Waals surface area contributed by atoms with Crippen molar-refractivity contribution < 1.29 is 19.2 Å². The van der Waals surface area contributed by atoms with Gasteiger partial charge in [0.25, 0.3) is 11.6 Å². The Morgan fingerprint density at radius 3 is 2.77 bits per heavy atom. The van der Waals surface area contributed by atoms with Crippen molar-refractivity contribution in [3.8, 4) is 5.75 Å². The lowest BCUT2D eigenvalue weighted by atomic mass is 10.2. The molecule has 0 aromatic heterocycles. The molecule has 0 unspecified atom stereocenters. The molecule has 2 aromatic carbocycles. The van der Waals surface area contributed by atoms with Crippen LogP contribution in [0.15, 0.2) is 42.5 Å². The number of carbonyl (C=O) groups excluding carboxylic acids is 2. The van der Waals surface area contributed by atoms with Crippen LogP contribution in [-0.4, -0.2) is 49.5 Å². The van der Waals surface area contributed by atoms with E-state index in [1.54, 1.807) is 0 Å². The van der Waals surface area contributed by atoms with Gasteiger partial charge in [-0.25, -0.2) is 0 Å². The molecule has 2 aromatic rings. The first kappa shape index (κ1) is 21.1. The first-order chi connectivity index (χ1) is 14.4. The van der Waals surface area contributed by atoms with Crippen molar-refractivity contribution in [3.05, 3.63) is 58.1 Å². The zero-order valence-corrected chi connectivity index (χ0v) is 17.0. The van der Waals surface area contributed by atoms with Gasteiger partial charge in [-0.2, -0.15) is 0 Å². The highest BCUT2D eigenvalue weighted by Crippen LogP contribution is 2.35. The number of nitrogens with one attached hydrogen (secondary N) is 1. The van der Waals surface area contributed by atoms with Crippen molar-refractivity contribution >= 4 is 28.9 Å². The number of benzene rings is 2. The topological polar surface area (TPSA) is 105 Å². The lowest BCUT2D eigenvalue weighted by Crippen LogP contribution is -2.46. The molecule has 1 aliphatic rings. The fourth-order valence-electron chi connectivity index (χ4n) is 3.37. The molecular weight excluding hydrogens is 388 g/mol. The Morgan fingerprint density at radius 2 is 2.07 bits per heavy atom. The SMILES string of the molecule is CCN(CCNC(=O)CN1C(=O)COc2ccc([N+](=O)[O-])cc21)c1ccccc1C. The number of non-ortho nitro benzene ring substituents is 1. The van der Waals surface area contributed by atoms with Gasteiger partial charge in [0.15, 0.2) is 6.61 Å². The van der Waals surface area contributed by atoms with Crippen LogP contribution in [0.1, 0.15) is 12.5 Å². The van der Waals surface area contributed by atoms with E-state index >= 15 is 0 Å². The number of nitro groups is 1. The zero-order chi connectivity index (χ0) is 21.7. The monoisotopic (exact) mass is 412 g/mol. The van der Waals surface area contributed by atoms with Crippen LogP contribution in [0.2, 0.25) is 0 Å². The maximum atomic E-state index is 12.5. The molecule has 9 heteroatoms. The Balaban J connectivity index is 1.62. The number of anilines is 2. The van der Waals surface area contributed by atoms with Gasteiger partial charge in [0.05, 0.1) is 10.6 Å². The Morgan fingerprint density at radius 1 is 1.30 bits per heavy atom. The Bertz CT molecular complexity index is 962. The lowest BCUT2D eigenvalue weighted by molar-refractivity contribution is -0.384. The van der Waals surface area contributed by atoms with Gasteiger partial charge in [0, 0.05) is 37.5 Å². The van der Waals surface area contributed by atoms with E-state index in [0.717, 1.165) is 17.8 Å². The van der Waals surface area contributed by atoms with Crippen molar-refractivity contribution in [1.29, 1.82) is 0 Å². The third-order valence-corrected chi connectivity index (χ3v) is 4.94. The third-order valence-electron chi connectivity index (χ3n) is 4.94. The zero-order valence-electron chi connectivity index (χ0n) is 17.0. The molecule has 0 radical (unpaired) electrons. The van der Waals surface area contributed by atoms with E-state index < -0.39 is 10.8 Å². The quantitative estimate of drug-likeness (QED) is 0.527. The first-order valence-corrected chi connectivity index (χ1v) is 9.69. The Hall–Kier alpha value is -3.62. The van der Waals surface area contributed by atoms with E-state index in [4.69, 9.17) is 4.74 Å². The number of likely N-dealkylation sites (N-methyl/N-ethyl adjacent to an activating group) is 1. The van der Waals surface area contributed by atoms with Crippen molar-refractivity contribution in [2.24, 2.45) is 0 Å². The van der Waals surface area contributed by atoms with Gasteiger partial charge in [0.2, 0.25) is 5.91 Å². The van der Waals surface area contributed by atoms with E-state index in [-0.39, 0.29) is 30.4 Å². The summed E-state index contributed by atoms with van der Waals surface area (Å²) in [5, 5.41) is 13.9. The molecule has 0 atom stereocenters. The van der Waals surface area contributed by atoms with E-state index in [0.29, 0.717) is 18.8 Å². The summed E-state index contributed by atoms with van der Waals surface area (Å²) in [7, 11) is 0. The Labute approximate surface area is 174 Å². The third kappa shape index (κ3) is 4.68. The smallest absolute Gasteiger partial charge is 0.271 e. The summed E-state index contributed by atoms with van der Waals surface area (Å²) >= 11 is 0. The Kier molecular flexibility index (Phi) is 6.51. The lowest BCUT2D eigenvalue weighted by Gasteiger charge is -2.29. The fourth-order valence-corrected chi connectivity index (χ4v) is 3.37. The minimum Gasteiger partial charge on any atom is -0.482 e. The molecule has 2 amide bonds. The molecule has 0 spiro atoms. The number of nitrogens with zero attached hydrogens (tertiary/aromatic N) is 3. The summed E-state index contributed by atoms with van der Waals surface area (Å²) in [6.45, 7) is 5.46. The van der Waals surface area contributed by atoms with Crippen LogP contribution in [0.5, 0.6) is 5.75 Å². The molecule has 0 aliphatic carbocycles. The number of rotatable bonds is 8. The highest BCUT2D eigenvalue weighted by Gasteiger charge is 2.29. The molecule has 1 N–H and O–H groups in total. The van der Waals surface area contributed by atoms with Crippen LogP contribution >= 0.6 is 0 Å². The number of carbonyl (C=O) groups is 2. The number of hydrogen-bond donors (Lipinski definition) is 1. The highest BCUT2D eigenvalue weighted by molar-refractivity contribution is 6.02. The van der Waals surface area contributed by atoms with E-state index in [9.17, 15) is 19.7 Å². The molecule has 30 heavy (non-hydrogen) atoms. The molecule has 0 saturated heterocycles. The first-order valence-electron chi connectivity index (χ1n) is 9.69. The standard InChI is InChI=1S/C21H24N4O5/c1-3-23(17-7-5-4-6-15(17)2)11-10-22-20(26)13-24-18-12-16(25(28)29)8-9-19(18)30-14-21(24)27/h4-9,12H,3,10-11,13-14H2,1-2H3,(H,22,26). The predicted octanol–water partition coefficient (Wildman–Crippen LogP) is 2.27. The van der Waals surface area contributed by atoms with Crippen LogP contribution in [0.3, 0.4) is 0 Å². The highest BCUT2D eigenvalue weighted by atomic mass is 16.6. The average molecular weight is 412 g/mol. The van der Waals surface area contributed by atoms with Crippen LogP contribution in [0, 0.1) is 17.0 Å². The van der Waals surface area contributed by atoms with Gasteiger partial charge in [-0.15, -0.1) is 0 Å². The second-order valence-electron chi connectivity index (χ2n) is 6.89. The summed E-state index contributed by atoms with van der Waals surface area (Å²) in [6.07, 6.45) is 0. The summed E-state index contributed by atoms with van der Waals surface area (Å²) in [6, 6.07) is 12.0. The number of nitro benzene ring substituents is 1. The van der Waals surface area contributed by atoms with E-state index in [1.807, 2.05) is 38.1 Å². The van der Waals surface area contributed by atoms with Crippen LogP contribution in [0.25, 0.3) is 0 Å². The van der Waals surface area contributed by atoms with E-state index in [2.05, 4.69) is 10.2 Å². The molecule has 158 valence electrons. The van der Waals surface area contributed by atoms with E-state index in [1.165, 1.54) is 23.1 Å². The molecule has 0 saturated carbocycles. The second-order valence-corrected chi connectivity index (χ2v) is 6.89. The maximum absolute atomic E-state index is 12.5. The van der Waals surface area contributed by atoms with Crippen molar-refractivity contribution in [2.75, 3.05) is 42.6 Å². The van der Waals surface area contributed by atoms with Crippen LogP contribution in [-0.2, 0) is 9.59 Å². The molecule has 1 heterocycles. The molecule has 9 nitrogen and oxygen atoms in total. The van der Waals surface area contributed by atoms with Crippen LogP contribution in [0.4, 0.5) is 17.1 Å². The predicted molar refractivity (Wildman–Crippen MR) is 113 cm³/mol. The van der Waals surface area contributed by atoms with Gasteiger partial charge < -0.3 is 15.0 Å². The van der Waals surface area contributed by atoms with Gasteiger partial charge in [0.1, 0.15) is 12.3 Å². The minimum atomic E-state index is -0.553. The molecule has 1 aliphatic heterocycles. The van der Waals surface area contributed by atoms with Crippen molar-refractivity contribution in [3.63, 3.8) is 0 Å². The van der Waals surface area contributed by atoms with Gasteiger partial charge in [-0.3, -0.25) is 24.6 Å². The number of fused-ring (bicyclic) bond motifs is 1. The minimum absolute atomic E-state index is 0.172. The molecule has 3 rings (SSSR count). The summed E-state index contributed by atoms with van der Waals surface area (Å²) in [4.78, 5) is 38.6. The summed E-state index contributed by atoms with van der Waals surface area (Å²) in [5.74, 6) is -0.429. The molecule has 0 bridgehead atoms. The maximum Gasteiger partial charge on any atom is 0.271 e. The molecular formula is C21H24N4O5. The largest absolute Gasteiger partial charge is 0.482 e. The van der Waals surface area contributed by atoms with Gasteiger partial charge in [-0.1, -0.05) is 18.2 Å². The average Bonchev–Trinajstić information content (AvgIpc) is 2.73. The van der Waals surface area contributed by atoms with Gasteiger partial charge in [-0.05, 0) is 31.5 Å². The number of hydrogen-bond acceptors (Lipinski definition) is 6. The van der Waals surface area contributed by atoms with Crippen molar-refractivity contribution in [2.45, 2.75) is 13.8 Å². The van der Waals surface area contributed by atoms with Crippen molar-refractivity contribution in [1.82, 2.24) is 5.32 Å². The molecule has 0 fully saturated rings. The normalized spacial score (nSPS) is 12.7.